The van der Waals surface area contributed by atoms with Gasteiger partial charge in [0.05, 0.1) is 25.7 Å². The molecule has 0 fully saturated rings. The average Bonchev–Trinajstić information content (AvgIpc) is 3.00. The van der Waals surface area contributed by atoms with Gasteiger partial charge in [0, 0.05) is 12.8 Å². The van der Waals surface area contributed by atoms with E-state index in [4.69, 9.17) is 14.2 Å². The summed E-state index contributed by atoms with van der Waals surface area (Å²) in [6.07, 6.45) is 0.713. The Morgan fingerprint density at radius 1 is 0.556 bits per heavy atom. The Labute approximate surface area is 262 Å². The van der Waals surface area contributed by atoms with E-state index in [2.05, 4.69) is 0 Å². The van der Waals surface area contributed by atoms with Crippen LogP contribution in [0.5, 0.6) is 23.0 Å². The molecule has 4 rings (SSSR count). The number of unbranched alkanes of at least 4 members (excludes halogenated alkanes) is 1. The highest BCUT2D eigenvalue weighted by Gasteiger charge is 2.19. The molecule has 0 atom stereocenters. The van der Waals surface area contributed by atoms with Crippen molar-refractivity contribution in [3.8, 4) is 23.0 Å². The van der Waals surface area contributed by atoms with E-state index in [0.717, 1.165) is 0 Å². The number of aromatic hydroxyl groups is 1. The lowest BCUT2D eigenvalue weighted by Gasteiger charge is -2.11. The van der Waals surface area contributed by atoms with Crippen LogP contribution in [0.2, 0.25) is 0 Å². The molecule has 0 unspecified atom stereocenters. The lowest BCUT2D eigenvalue weighted by molar-refractivity contribution is -0.136. The molecule has 1 N–H and O–H groups in total. The predicted octanol–water partition coefficient (Wildman–Crippen LogP) is 5.92. The van der Waals surface area contributed by atoms with Crippen LogP contribution in [-0.4, -0.2) is 40.0 Å². The number of carbonyl (C=O) groups is 2. The van der Waals surface area contributed by atoms with Gasteiger partial charge in [-0.15, -0.1) is 0 Å². The summed E-state index contributed by atoms with van der Waals surface area (Å²) < 4.78 is 67.4. The molecule has 0 aromatic heterocycles. The Morgan fingerprint density at radius 3 is 1.20 bits per heavy atom. The molecule has 0 amide bonds. The molecule has 0 aliphatic carbocycles. The van der Waals surface area contributed by atoms with Gasteiger partial charge in [-0.25, -0.2) is 16.8 Å². The summed E-state index contributed by atoms with van der Waals surface area (Å²) in [4.78, 5) is 24.7. The Bertz CT molecular complexity index is 1830. The first-order valence-electron chi connectivity index (χ1n) is 14.0. The zero-order valence-corrected chi connectivity index (χ0v) is 26.2. The molecule has 4 aromatic rings. The molecule has 10 nitrogen and oxygen atoms in total. The van der Waals surface area contributed by atoms with Crippen molar-refractivity contribution in [2.24, 2.45) is 0 Å². The van der Waals surface area contributed by atoms with Crippen molar-refractivity contribution in [1.82, 2.24) is 0 Å². The van der Waals surface area contributed by atoms with Crippen LogP contribution >= 0.6 is 0 Å². The highest BCUT2D eigenvalue weighted by atomic mass is 32.2. The highest BCUT2D eigenvalue weighted by molar-refractivity contribution is 7.91. The fraction of sp³-hybridized carbons (Fsp3) is 0.212. The zero-order valence-electron chi connectivity index (χ0n) is 24.6. The van der Waals surface area contributed by atoms with Gasteiger partial charge >= 0.3 is 11.9 Å². The second kappa shape index (κ2) is 14.4. The van der Waals surface area contributed by atoms with Crippen LogP contribution in [0.25, 0.3) is 0 Å². The predicted molar refractivity (Wildman–Crippen MR) is 164 cm³/mol. The lowest BCUT2D eigenvalue weighted by Crippen LogP contribution is -2.10. The van der Waals surface area contributed by atoms with Gasteiger partial charge in [-0.3, -0.25) is 9.59 Å². The van der Waals surface area contributed by atoms with Crippen molar-refractivity contribution in [3.63, 3.8) is 0 Å². The van der Waals surface area contributed by atoms with Crippen molar-refractivity contribution < 1.29 is 45.7 Å². The number of sulfone groups is 2. The van der Waals surface area contributed by atoms with Crippen molar-refractivity contribution in [2.75, 3.05) is 0 Å². The number of phenolic OH excluding ortho intramolecular Hbond substituents is 1. The molecule has 0 aliphatic rings. The van der Waals surface area contributed by atoms with E-state index < -0.39 is 31.6 Å². The molecular weight excluding hydrogens is 620 g/mol. The third-order valence-corrected chi connectivity index (χ3v) is 9.97. The molecule has 0 saturated carbocycles. The van der Waals surface area contributed by atoms with Crippen LogP contribution in [0.15, 0.2) is 117 Å². The van der Waals surface area contributed by atoms with E-state index in [-0.39, 0.29) is 55.8 Å². The maximum atomic E-state index is 12.9. The maximum absolute atomic E-state index is 12.9. The summed E-state index contributed by atoms with van der Waals surface area (Å²) in [7, 11) is -7.57. The molecule has 236 valence electrons. The Morgan fingerprint density at radius 2 is 0.867 bits per heavy atom. The third-order valence-electron chi connectivity index (χ3n) is 6.40. The third kappa shape index (κ3) is 8.93. The summed E-state index contributed by atoms with van der Waals surface area (Å²) in [5.41, 5.74) is 0. The topological polar surface area (TPSA) is 150 Å². The smallest absolute Gasteiger partial charge is 0.311 e. The summed E-state index contributed by atoms with van der Waals surface area (Å²) in [5.74, 6) is -0.205. The number of esters is 2. The van der Waals surface area contributed by atoms with Gasteiger partial charge in [0.15, 0.2) is 0 Å². The Kier molecular flexibility index (Phi) is 10.6. The highest BCUT2D eigenvalue weighted by Crippen LogP contribution is 2.27. The Balaban J connectivity index is 1.20. The van der Waals surface area contributed by atoms with Gasteiger partial charge in [0.2, 0.25) is 19.7 Å². The first kappa shape index (κ1) is 33.2. The molecule has 12 heteroatoms. The number of ether oxygens (including phenoxy) is 3. The standard InChI is InChI=1S/C33H32O10S2/c1-23(2)41-25-9-17-29(18-10-25)45(39,40)31-21-13-27(14-22-31)43-33(36)6-4-3-5-32(35)42-26-11-19-30(20-12-26)44(37,38)28-15-7-24(34)8-16-28/h7-23,34H,3-6H2,1-2H3. The normalized spacial score (nSPS) is 11.6. The first-order chi connectivity index (χ1) is 21.3. The fourth-order valence-electron chi connectivity index (χ4n) is 4.14. The molecule has 0 bridgehead atoms. The largest absolute Gasteiger partial charge is 0.508 e. The summed E-state index contributed by atoms with van der Waals surface area (Å²) in [5, 5.41) is 9.37. The minimum Gasteiger partial charge on any atom is -0.508 e. The van der Waals surface area contributed by atoms with Crippen LogP contribution in [0.1, 0.15) is 39.5 Å². The molecule has 4 aromatic carbocycles. The maximum Gasteiger partial charge on any atom is 0.311 e. The van der Waals surface area contributed by atoms with Crippen molar-refractivity contribution in [2.45, 2.75) is 65.2 Å². The van der Waals surface area contributed by atoms with Gasteiger partial charge < -0.3 is 19.3 Å². The van der Waals surface area contributed by atoms with E-state index in [1.165, 1.54) is 84.9 Å². The van der Waals surface area contributed by atoms with Crippen molar-refractivity contribution in [1.29, 1.82) is 0 Å². The van der Waals surface area contributed by atoms with Crippen LogP contribution < -0.4 is 14.2 Å². The molecule has 45 heavy (non-hydrogen) atoms. The molecular formula is C33H32O10S2. The number of benzene rings is 4. The van der Waals surface area contributed by atoms with Gasteiger partial charge in [-0.2, -0.15) is 0 Å². The van der Waals surface area contributed by atoms with Gasteiger partial charge in [0.25, 0.3) is 0 Å². The van der Waals surface area contributed by atoms with Gasteiger partial charge in [-0.05, 0) is 124 Å². The molecule has 0 spiro atoms. The van der Waals surface area contributed by atoms with Crippen molar-refractivity contribution in [3.05, 3.63) is 97.1 Å². The van der Waals surface area contributed by atoms with Crippen LogP contribution in [0, 0.1) is 0 Å². The quantitative estimate of drug-likeness (QED) is 0.105. The summed E-state index contributed by atoms with van der Waals surface area (Å²) in [6.45, 7) is 3.75. The van der Waals surface area contributed by atoms with Gasteiger partial charge in [0.1, 0.15) is 23.0 Å². The molecule has 0 heterocycles. The number of phenols is 1. The monoisotopic (exact) mass is 652 g/mol. The van der Waals surface area contributed by atoms with E-state index in [1.54, 1.807) is 12.1 Å². The lowest BCUT2D eigenvalue weighted by atomic mass is 10.2. The number of hydrogen-bond donors (Lipinski definition) is 1. The number of carbonyl (C=O) groups excluding carboxylic acids is 2. The number of rotatable bonds is 13. The van der Waals surface area contributed by atoms with E-state index in [9.17, 15) is 31.5 Å². The summed E-state index contributed by atoms with van der Waals surface area (Å²) >= 11 is 0. The SMILES string of the molecule is CC(C)Oc1ccc(S(=O)(=O)c2ccc(OC(=O)CCCCC(=O)Oc3ccc(S(=O)(=O)c4ccc(O)cc4)cc3)cc2)cc1. The van der Waals surface area contributed by atoms with E-state index in [1.807, 2.05) is 13.8 Å². The van der Waals surface area contributed by atoms with Crippen LogP contribution in [0.4, 0.5) is 0 Å². The summed E-state index contributed by atoms with van der Waals surface area (Å²) in [6, 6.07) is 22.2. The second-order valence-corrected chi connectivity index (χ2v) is 14.1. The minimum atomic E-state index is -3.80. The average molecular weight is 653 g/mol. The van der Waals surface area contributed by atoms with E-state index >= 15 is 0 Å². The van der Waals surface area contributed by atoms with E-state index in [0.29, 0.717) is 18.6 Å². The van der Waals surface area contributed by atoms with Crippen LogP contribution in [0.3, 0.4) is 0 Å². The molecule has 0 aliphatic heterocycles. The molecule has 0 radical (unpaired) electrons. The van der Waals surface area contributed by atoms with Crippen molar-refractivity contribution >= 4 is 31.6 Å². The number of hydrogen-bond acceptors (Lipinski definition) is 10. The van der Waals surface area contributed by atoms with Crippen LogP contribution in [-0.2, 0) is 29.3 Å². The second-order valence-electron chi connectivity index (χ2n) is 10.2. The zero-order chi connectivity index (χ0) is 32.6. The Hall–Kier alpha value is -4.68. The van der Waals surface area contributed by atoms with Gasteiger partial charge in [-0.1, -0.05) is 0 Å². The minimum absolute atomic E-state index is 0.00474. The molecule has 0 saturated heterocycles. The first-order valence-corrected chi connectivity index (χ1v) is 17.0. The fourth-order valence-corrected chi connectivity index (χ4v) is 6.67.